The lowest BCUT2D eigenvalue weighted by atomic mass is 10.1. The van der Waals surface area contributed by atoms with Gasteiger partial charge in [-0.1, -0.05) is 12.1 Å². The summed E-state index contributed by atoms with van der Waals surface area (Å²) in [5.41, 5.74) is 2.07. The number of aromatic nitrogens is 1. The molecular weight excluding hydrogens is 442 g/mol. The first-order valence-corrected chi connectivity index (χ1v) is 12.5. The third kappa shape index (κ3) is 5.41. The minimum atomic E-state index is -0.133. The van der Waals surface area contributed by atoms with Crippen LogP contribution in [0.1, 0.15) is 42.6 Å². The van der Waals surface area contributed by atoms with Crippen LogP contribution < -0.4 is 15.6 Å². The molecule has 0 radical (unpaired) electrons. The predicted molar refractivity (Wildman–Crippen MR) is 137 cm³/mol. The third-order valence-corrected chi connectivity index (χ3v) is 6.69. The first-order chi connectivity index (χ1) is 16.9. The number of carbonyl (C=O) groups is 1. The number of fused-ring (bicyclic) bond motifs is 1. The van der Waals surface area contributed by atoms with Gasteiger partial charge in [0.25, 0.3) is 11.5 Å². The first kappa shape index (κ1) is 23.6. The second-order valence-corrected chi connectivity index (χ2v) is 9.85. The van der Waals surface area contributed by atoms with Crippen LogP contribution in [0.15, 0.2) is 53.5 Å². The molecule has 1 amide bonds. The van der Waals surface area contributed by atoms with Crippen LogP contribution in [-0.4, -0.2) is 59.9 Å². The highest BCUT2D eigenvalue weighted by Gasteiger charge is 2.24. The lowest BCUT2D eigenvalue weighted by Crippen LogP contribution is -2.46. The molecular formula is C28H33N3O4. The van der Waals surface area contributed by atoms with Gasteiger partial charge in [-0.3, -0.25) is 19.1 Å². The van der Waals surface area contributed by atoms with Crippen molar-refractivity contribution < 1.29 is 14.3 Å². The Balaban J connectivity index is 1.36. The number of benzene rings is 2. The van der Waals surface area contributed by atoms with Crippen LogP contribution in [0.2, 0.25) is 0 Å². The number of morpholine rings is 1. The number of hydrogen-bond donors (Lipinski definition) is 1. The van der Waals surface area contributed by atoms with E-state index >= 15 is 0 Å². The molecule has 0 spiro atoms. The van der Waals surface area contributed by atoms with Crippen molar-refractivity contribution in [2.75, 3.05) is 26.2 Å². The van der Waals surface area contributed by atoms with Gasteiger partial charge in [-0.15, -0.1) is 0 Å². The molecule has 1 saturated heterocycles. The molecule has 2 atom stereocenters. The molecule has 184 valence electrons. The van der Waals surface area contributed by atoms with E-state index in [1.54, 1.807) is 16.8 Å². The number of pyridine rings is 1. The molecule has 1 N–H and O–H groups in total. The van der Waals surface area contributed by atoms with E-state index in [2.05, 4.69) is 24.1 Å². The molecule has 1 aromatic heterocycles. The lowest BCUT2D eigenvalue weighted by molar-refractivity contribution is -0.0699. The SMILES string of the molecule is Cc1ccc(C(=O)NC2CC2)cc1-n1ccc2ccc(OCCN3C[C@H](C)O[C@@H](C)C3)cc2c1=O. The molecule has 2 fully saturated rings. The number of carbonyl (C=O) groups excluding carboxylic acids is 1. The number of ether oxygens (including phenoxy) is 2. The lowest BCUT2D eigenvalue weighted by Gasteiger charge is -2.35. The molecule has 1 aliphatic carbocycles. The van der Waals surface area contributed by atoms with Gasteiger partial charge >= 0.3 is 0 Å². The average Bonchev–Trinajstić information content (AvgIpc) is 3.63. The molecule has 2 aliphatic rings. The molecule has 7 nitrogen and oxygen atoms in total. The topological polar surface area (TPSA) is 72.8 Å². The van der Waals surface area contributed by atoms with Crippen molar-refractivity contribution >= 4 is 16.7 Å². The minimum absolute atomic E-state index is 0.0951. The Morgan fingerprint density at radius 2 is 1.86 bits per heavy atom. The van der Waals surface area contributed by atoms with Gasteiger partial charge in [0.1, 0.15) is 12.4 Å². The van der Waals surface area contributed by atoms with E-state index in [-0.39, 0.29) is 29.7 Å². The smallest absolute Gasteiger partial charge is 0.263 e. The molecule has 5 rings (SSSR count). The number of nitrogens with zero attached hydrogens (tertiary/aromatic N) is 2. The van der Waals surface area contributed by atoms with Gasteiger partial charge in [-0.05, 0) is 74.9 Å². The molecule has 3 aromatic rings. The maximum Gasteiger partial charge on any atom is 0.263 e. The summed E-state index contributed by atoms with van der Waals surface area (Å²) in [6, 6.07) is 13.3. The van der Waals surface area contributed by atoms with Gasteiger partial charge in [-0.25, -0.2) is 0 Å². The third-order valence-electron chi connectivity index (χ3n) is 6.69. The van der Waals surface area contributed by atoms with Crippen LogP contribution in [0.3, 0.4) is 0 Å². The highest BCUT2D eigenvalue weighted by Crippen LogP contribution is 2.23. The normalized spacial score (nSPS) is 20.7. The Kier molecular flexibility index (Phi) is 6.62. The summed E-state index contributed by atoms with van der Waals surface area (Å²) in [5, 5.41) is 4.46. The first-order valence-electron chi connectivity index (χ1n) is 12.5. The van der Waals surface area contributed by atoms with Crippen LogP contribution in [0.5, 0.6) is 5.75 Å². The number of rotatable bonds is 7. The van der Waals surface area contributed by atoms with Gasteiger partial charge < -0.3 is 14.8 Å². The fraction of sp³-hybridized carbons (Fsp3) is 0.429. The zero-order chi connectivity index (χ0) is 24.5. The van der Waals surface area contributed by atoms with Crippen molar-refractivity contribution in [2.24, 2.45) is 0 Å². The Bertz CT molecular complexity index is 1290. The van der Waals surface area contributed by atoms with Gasteiger partial charge in [0, 0.05) is 37.4 Å². The van der Waals surface area contributed by atoms with E-state index in [0.717, 1.165) is 43.4 Å². The quantitative estimate of drug-likeness (QED) is 0.564. The summed E-state index contributed by atoms with van der Waals surface area (Å²) in [7, 11) is 0. The van der Waals surface area contributed by atoms with Crippen LogP contribution in [0.25, 0.3) is 16.5 Å². The maximum atomic E-state index is 13.5. The largest absolute Gasteiger partial charge is 0.492 e. The second-order valence-electron chi connectivity index (χ2n) is 9.85. The summed E-state index contributed by atoms with van der Waals surface area (Å²) in [6.07, 6.45) is 4.28. The standard InChI is InChI=1S/C28H33N3O4/c1-18-4-5-22(27(32)29-23-7-8-23)14-26(18)31-11-10-21-6-9-24(15-25(21)28(31)33)34-13-12-30-16-19(2)35-20(3)17-30/h4-6,9-11,14-15,19-20,23H,7-8,12-13,16-17H2,1-3H3,(H,29,32)/t19-,20-/m0/s1. The van der Waals surface area contributed by atoms with Crippen molar-refractivity contribution in [1.29, 1.82) is 0 Å². The number of hydrogen-bond acceptors (Lipinski definition) is 5. The van der Waals surface area contributed by atoms with Crippen molar-refractivity contribution in [3.8, 4) is 11.4 Å². The number of aryl methyl sites for hydroxylation is 1. The fourth-order valence-corrected chi connectivity index (χ4v) is 4.76. The van der Waals surface area contributed by atoms with E-state index < -0.39 is 0 Å². The highest BCUT2D eigenvalue weighted by molar-refractivity contribution is 5.95. The Morgan fingerprint density at radius 1 is 1.09 bits per heavy atom. The minimum Gasteiger partial charge on any atom is -0.492 e. The van der Waals surface area contributed by atoms with Gasteiger partial charge in [0.15, 0.2) is 0 Å². The van der Waals surface area contributed by atoms with Gasteiger partial charge in [0.2, 0.25) is 0 Å². The van der Waals surface area contributed by atoms with Crippen LogP contribution in [-0.2, 0) is 4.74 Å². The fourth-order valence-electron chi connectivity index (χ4n) is 4.76. The molecule has 0 unspecified atom stereocenters. The predicted octanol–water partition coefficient (Wildman–Crippen LogP) is 3.68. The van der Waals surface area contributed by atoms with Gasteiger partial charge in [0.05, 0.1) is 23.3 Å². The van der Waals surface area contributed by atoms with Crippen molar-refractivity contribution in [3.63, 3.8) is 0 Å². The average molecular weight is 476 g/mol. The Morgan fingerprint density at radius 3 is 2.60 bits per heavy atom. The van der Waals surface area contributed by atoms with Crippen LogP contribution in [0, 0.1) is 6.92 Å². The molecule has 2 aromatic carbocycles. The second kappa shape index (κ2) is 9.84. The number of amides is 1. The Hall–Kier alpha value is -3.16. The molecule has 1 aliphatic heterocycles. The summed E-state index contributed by atoms with van der Waals surface area (Å²) in [5.74, 6) is 0.582. The van der Waals surface area contributed by atoms with Crippen molar-refractivity contribution in [3.05, 3.63) is 70.1 Å². The zero-order valence-electron chi connectivity index (χ0n) is 20.6. The molecule has 2 heterocycles. The highest BCUT2D eigenvalue weighted by atomic mass is 16.5. The van der Waals surface area contributed by atoms with E-state index in [0.29, 0.717) is 29.0 Å². The summed E-state index contributed by atoms with van der Waals surface area (Å²) >= 11 is 0. The monoisotopic (exact) mass is 475 g/mol. The van der Waals surface area contributed by atoms with E-state index in [1.807, 2.05) is 43.3 Å². The molecule has 1 saturated carbocycles. The number of nitrogens with one attached hydrogen (secondary N) is 1. The zero-order valence-corrected chi connectivity index (χ0v) is 20.6. The molecule has 7 heteroatoms. The van der Waals surface area contributed by atoms with Crippen molar-refractivity contribution in [2.45, 2.75) is 51.9 Å². The van der Waals surface area contributed by atoms with Crippen LogP contribution >= 0.6 is 0 Å². The van der Waals surface area contributed by atoms with E-state index in [1.165, 1.54) is 0 Å². The van der Waals surface area contributed by atoms with Crippen molar-refractivity contribution in [1.82, 2.24) is 14.8 Å². The summed E-state index contributed by atoms with van der Waals surface area (Å²) in [6.45, 7) is 9.28. The summed E-state index contributed by atoms with van der Waals surface area (Å²) < 4.78 is 13.4. The molecule has 35 heavy (non-hydrogen) atoms. The summed E-state index contributed by atoms with van der Waals surface area (Å²) in [4.78, 5) is 28.4. The Labute approximate surface area is 205 Å². The maximum absolute atomic E-state index is 13.5. The van der Waals surface area contributed by atoms with E-state index in [4.69, 9.17) is 9.47 Å². The molecule has 0 bridgehead atoms. The van der Waals surface area contributed by atoms with Crippen LogP contribution in [0.4, 0.5) is 0 Å². The van der Waals surface area contributed by atoms with E-state index in [9.17, 15) is 9.59 Å². The van der Waals surface area contributed by atoms with Gasteiger partial charge in [-0.2, -0.15) is 0 Å².